The Balaban J connectivity index is 2.48. The molecule has 4 heteroatoms. The second kappa shape index (κ2) is 6.61. The molecule has 1 aromatic heterocycles. The Kier molecular flexibility index (Phi) is 5.08. The summed E-state index contributed by atoms with van der Waals surface area (Å²) in [6.45, 7) is 7.16. The first-order valence-corrected chi connectivity index (χ1v) is 7.95. The van der Waals surface area contributed by atoms with Gasteiger partial charge in [-0.05, 0) is 48.5 Å². The maximum absolute atomic E-state index is 6.30. The van der Waals surface area contributed by atoms with E-state index in [1.54, 1.807) is 18.4 Å². The lowest BCUT2D eigenvalue weighted by Crippen LogP contribution is -2.21. The molecule has 1 N–H and O–H groups in total. The number of hydrogen-bond donors (Lipinski definition) is 1. The van der Waals surface area contributed by atoms with Crippen molar-refractivity contribution in [2.45, 2.75) is 26.8 Å². The Morgan fingerprint density at radius 3 is 2.40 bits per heavy atom. The molecule has 1 aromatic carbocycles. The van der Waals surface area contributed by atoms with Gasteiger partial charge in [0.05, 0.1) is 18.2 Å². The third-order valence-corrected chi connectivity index (χ3v) is 4.76. The van der Waals surface area contributed by atoms with Crippen molar-refractivity contribution in [3.05, 3.63) is 50.2 Å². The molecule has 0 aliphatic heterocycles. The van der Waals surface area contributed by atoms with Crippen molar-refractivity contribution >= 4 is 22.9 Å². The molecule has 0 aliphatic rings. The van der Waals surface area contributed by atoms with Crippen molar-refractivity contribution < 1.29 is 4.74 Å². The van der Waals surface area contributed by atoms with Crippen LogP contribution in [-0.2, 0) is 0 Å². The van der Waals surface area contributed by atoms with Gasteiger partial charge in [-0.1, -0.05) is 30.7 Å². The second-order valence-electron chi connectivity index (χ2n) is 4.81. The van der Waals surface area contributed by atoms with Gasteiger partial charge in [-0.3, -0.25) is 0 Å². The second-order valence-corrected chi connectivity index (χ2v) is 6.17. The van der Waals surface area contributed by atoms with E-state index >= 15 is 0 Å². The standard InChI is InChI=1S/C16H20ClNOS/c1-5-18-14(16-13(17)6-7-20-16)12-8-10(2)15(19-4)11(3)9-12/h6-9,14,18H,5H2,1-4H3. The predicted octanol–water partition coefficient (Wildman–Crippen LogP) is 4.73. The molecule has 0 spiro atoms. The van der Waals surface area contributed by atoms with Gasteiger partial charge in [0.2, 0.25) is 0 Å². The van der Waals surface area contributed by atoms with Crippen molar-refractivity contribution in [2.24, 2.45) is 0 Å². The average Bonchev–Trinajstić information content (AvgIpc) is 2.81. The summed E-state index contributed by atoms with van der Waals surface area (Å²) in [6, 6.07) is 6.44. The van der Waals surface area contributed by atoms with Crippen LogP contribution in [0.4, 0.5) is 0 Å². The van der Waals surface area contributed by atoms with Crippen molar-refractivity contribution in [2.75, 3.05) is 13.7 Å². The predicted molar refractivity (Wildman–Crippen MR) is 87.3 cm³/mol. The van der Waals surface area contributed by atoms with Crippen molar-refractivity contribution in [1.29, 1.82) is 0 Å². The summed E-state index contributed by atoms with van der Waals surface area (Å²) in [5.74, 6) is 0.960. The zero-order valence-corrected chi connectivity index (χ0v) is 13.9. The normalized spacial score (nSPS) is 12.4. The molecule has 108 valence electrons. The van der Waals surface area contributed by atoms with Crippen molar-refractivity contribution in [3.63, 3.8) is 0 Å². The largest absolute Gasteiger partial charge is 0.496 e. The number of methoxy groups -OCH3 is 1. The minimum absolute atomic E-state index is 0.135. The number of hydrogen-bond acceptors (Lipinski definition) is 3. The highest BCUT2D eigenvalue weighted by Crippen LogP contribution is 2.35. The Morgan fingerprint density at radius 1 is 1.30 bits per heavy atom. The lowest BCUT2D eigenvalue weighted by Gasteiger charge is -2.20. The molecule has 0 radical (unpaired) electrons. The molecule has 0 saturated heterocycles. The molecule has 1 unspecified atom stereocenters. The summed E-state index contributed by atoms with van der Waals surface area (Å²) in [4.78, 5) is 1.16. The van der Waals surface area contributed by atoms with E-state index in [-0.39, 0.29) is 6.04 Å². The SMILES string of the molecule is CCNC(c1cc(C)c(OC)c(C)c1)c1sccc1Cl. The highest BCUT2D eigenvalue weighted by Gasteiger charge is 2.19. The van der Waals surface area contributed by atoms with E-state index in [0.717, 1.165) is 33.3 Å². The molecule has 0 amide bonds. The Labute approximate surface area is 129 Å². The van der Waals surface area contributed by atoms with E-state index in [4.69, 9.17) is 16.3 Å². The highest BCUT2D eigenvalue weighted by atomic mass is 35.5. The summed E-state index contributed by atoms with van der Waals surface area (Å²) in [7, 11) is 1.72. The molecule has 2 nitrogen and oxygen atoms in total. The zero-order chi connectivity index (χ0) is 14.7. The molecule has 0 saturated carbocycles. The molecule has 2 aromatic rings. The topological polar surface area (TPSA) is 21.3 Å². The smallest absolute Gasteiger partial charge is 0.124 e. The van der Waals surface area contributed by atoms with Crippen LogP contribution in [0.25, 0.3) is 0 Å². The fourth-order valence-electron chi connectivity index (χ4n) is 2.55. The van der Waals surface area contributed by atoms with E-state index in [0.29, 0.717) is 0 Å². The molecule has 2 rings (SSSR count). The summed E-state index contributed by atoms with van der Waals surface area (Å²) >= 11 is 7.99. The number of aryl methyl sites for hydroxylation is 2. The van der Waals surface area contributed by atoms with Gasteiger partial charge in [0, 0.05) is 4.88 Å². The Bertz CT molecular complexity index is 571. The summed E-state index contributed by atoms with van der Waals surface area (Å²) in [5.41, 5.74) is 3.53. The molecule has 0 aliphatic carbocycles. The van der Waals surface area contributed by atoms with Gasteiger partial charge in [-0.15, -0.1) is 11.3 Å². The third-order valence-electron chi connectivity index (χ3n) is 3.34. The van der Waals surface area contributed by atoms with E-state index in [9.17, 15) is 0 Å². The first-order valence-electron chi connectivity index (χ1n) is 6.69. The summed E-state index contributed by atoms with van der Waals surface area (Å²) in [5, 5.41) is 6.38. The van der Waals surface area contributed by atoms with Crippen molar-refractivity contribution in [1.82, 2.24) is 5.32 Å². The van der Waals surface area contributed by atoms with Crippen LogP contribution in [0.3, 0.4) is 0 Å². The van der Waals surface area contributed by atoms with Crippen molar-refractivity contribution in [3.8, 4) is 5.75 Å². The average molecular weight is 310 g/mol. The maximum Gasteiger partial charge on any atom is 0.124 e. The molecule has 1 atom stereocenters. The van der Waals surface area contributed by atoms with Crippen LogP contribution < -0.4 is 10.1 Å². The maximum atomic E-state index is 6.30. The number of ether oxygens (including phenoxy) is 1. The number of rotatable bonds is 5. The number of thiophene rings is 1. The van der Waals surface area contributed by atoms with Crippen LogP contribution in [-0.4, -0.2) is 13.7 Å². The van der Waals surface area contributed by atoms with E-state index < -0.39 is 0 Å². The fourth-order valence-corrected chi connectivity index (χ4v) is 3.82. The van der Waals surface area contributed by atoms with E-state index in [2.05, 4.69) is 38.2 Å². The van der Waals surface area contributed by atoms with Crippen LogP contribution in [0.15, 0.2) is 23.6 Å². The van der Waals surface area contributed by atoms with Crippen LogP contribution in [0.2, 0.25) is 5.02 Å². The quantitative estimate of drug-likeness (QED) is 0.862. The number of nitrogens with one attached hydrogen (secondary N) is 1. The zero-order valence-electron chi connectivity index (χ0n) is 12.3. The highest BCUT2D eigenvalue weighted by molar-refractivity contribution is 7.10. The Morgan fingerprint density at radius 2 is 1.95 bits per heavy atom. The number of halogens is 1. The van der Waals surface area contributed by atoms with Gasteiger partial charge >= 0.3 is 0 Å². The van der Waals surface area contributed by atoms with Crippen LogP contribution in [0.1, 0.15) is 34.5 Å². The molecular formula is C16H20ClNOS. The lowest BCUT2D eigenvalue weighted by molar-refractivity contribution is 0.408. The fraction of sp³-hybridized carbons (Fsp3) is 0.375. The van der Waals surface area contributed by atoms with Gasteiger partial charge in [-0.25, -0.2) is 0 Å². The van der Waals surface area contributed by atoms with Gasteiger partial charge in [0.25, 0.3) is 0 Å². The molecular weight excluding hydrogens is 290 g/mol. The molecule has 0 bridgehead atoms. The first-order chi connectivity index (χ1) is 9.58. The third kappa shape index (κ3) is 3.00. The monoisotopic (exact) mass is 309 g/mol. The van der Waals surface area contributed by atoms with E-state index in [1.165, 1.54) is 5.56 Å². The lowest BCUT2D eigenvalue weighted by atomic mass is 9.99. The summed E-state index contributed by atoms with van der Waals surface area (Å²) in [6.07, 6.45) is 0. The van der Waals surface area contributed by atoms with Gasteiger partial charge in [-0.2, -0.15) is 0 Å². The van der Waals surface area contributed by atoms with Gasteiger partial charge in [0.15, 0.2) is 0 Å². The summed E-state index contributed by atoms with van der Waals surface area (Å²) < 4.78 is 5.44. The molecule has 20 heavy (non-hydrogen) atoms. The van der Waals surface area contributed by atoms with E-state index in [1.807, 2.05) is 11.4 Å². The molecule has 0 fully saturated rings. The molecule has 1 heterocycles. The van der Waals surface area contributed by atoms with Crippen LogP contribution in [0, 0.1) is 13.8 Å². The van der Waals surface area contributed by atoms with Gasteiger partial charge < -0.3 is 10.1 Å². The van der Waals surface area contributed by atoms with Crippen LogP contribution >= 0.6 is 22.9 Å². The Hall–Kier alpha value is -1.03. The first kappa shape index (κ1) is 15.4. The van der Waals surface area contributed by atoms with Gasteiger partial charge in [0.1, 0.15) is 5.75 Å². The minimum Gasteiger partial charge on any atom is -0.496 e. The van der Waals surface area contributed by atoms with Crippen LogP contribution in [0.5, 0.6) is 5.75 Å². The minimum atomic E-state index is 0.135. The number of benzene rings is 1.